The van der Waals surface area contributed by atoms with Crippen molar-refractivity contribution in [2.75, 3.05) is 11.9 Å². The lowest BCUT2D eigenvalue weighted by molar-refractivity contribution is 0.0941. The number of pyridine rings is 1. The highest BCUT2D eigenvalue weighted by atomic mass is 35.5. The Morgan fingerprint density at radius 1 is 1.18 bits per heavy atom. The molecule has 0 aliphatic heterocycles. The molecule has 3 aromatic rings. The van der Waals surface area contributed by atoms with Gasteiger partial charge in [0.1, 0.15) is 0 Å². The molecule has 0 fully saturated rings. The molecule has 0 saturated carbocycles. The van der Waals surface area contributed by atoms with E-state index in [0.717, 1.165) is 12.0 Å². The molecule has 2 heterocycles. The van der Waals surface area contributed by atoms with Gasteiger partial charge in [0.25, 0.3) is 11.8 Å². The van der Waals surface area contributed by atoms with Gasteiger partial charge in [0.2, 0.25) is 5.82 Å². The van der Waals surface area contributed by atoms with E-state index in [0.29, 0.717) is 28.7 Å². The summed E-state index contributed by atoms with van der Waals surface area (Å²) in [5, 5.41) is 6.24. The molecule has 2 N–H and O–H groups in total. The molecule has 0 aliphatic rings. The van der Waals surface area contributed by atoms with Crippen LogP contribution in [0.5, 0.6) is 0 Å². The maximum Gasteiger partial charge on any atom is 0.287 e. The zero-order valence-corrected chi connectivity index (χ0v) is 16.9. The van der Waals surface area contributed by atoms with Gasteiger partial charge >= 0.3 is 0 Å². The number of fused-ring (bicyclic) bond motifs is 1. The molecular formula is C21H23ClN4O2. The summed E-state index contributed by atoms with van der Waals surface area (Å²) in [7, 11) is 0. The minimum Gasteiger partial charge on any atom is -0.349 e. The maximum atomic E-state index is 12.9. The van der Waals surface area contributed by atoms with Crippen LogP contribution in [0.2, 0.25) is 5.02 Å². The number of hydrogen-bond donors (Lipinski definition) is 2. The molecule has 0 saturated heterocycles. The Kier molecular flexibility index (Phi) is 5.99. The zero-order chi connectivity index (χ0) is 20.3. The van der Waals surface area contributed by atoms with Gasteiger partial charge in [0.15, 0.2) is 5.69 Å². The standard InChI is InChI=1S/C21H23ClN4O2/c1-13(2)9-10-23-21(28)19-25-18(17-6-4-5-11-26(17)19)20(27)24-16-12-15(22)8-7-14(16)3/h4-8,11-13H,9-10H2,1-3H3,(H,23,28)(H,24,27). The molecular weight excluding hydrogens is 376 g/mol. The first-order valence-electron chi connectivity index (χ1n) is 9.19. The molecule has 2 amide bonds. The largest absolute Gasteiger partial charge is 0.349 e. The summed E-state index contributed by atoms with van der Waals surface area (Å²) in [5.41, 5.74) is 2.24. The lowest BCUT2D eigenvalue weighted by Gasteiger charge is -2.07. The Morgan fingerprint density at radius 2 is 1.96 bits per heavy atom. The van der Waals surface area contributed by atoms with Gasteiger partial charge < -0.3 is 10.6 Å². The van der Waals surface area contributed by atoms with E-state index in [1.165, 1.54) is 0 Å². The number of anilines is 1. The van der Waals surface area contributed by atoms with Gasteiger partial charge in [-0.2, -0.15) is 0 Å². The normalized spacial score (nSPS) is 11.0. The van der Waals surface area contributed by atoms with Gasteiger partial charge in [-0.3, -0.25) is 14.0 Å². The van der Waals surface area contributed by atoms with Gasteiger partial charge in [-0.05, 0) is 49.1 Å². The van der Waals surface area contributed by atoms with Crippen molar-refractivity contribution >= 4 is 34.6 Å². The van der Waals surface area contributed by atoms with Crippen molar-refractivity contribution in [1.82, 2.24) is 14.7 Å². The minimum atomic E-state index is -0.393. The lowest BCUT2D eigenvalue weighted by Crippen LogP contribution is -2.27. The molecule has 146 valence electrons. The summed E-state index contributed by atoms with van der Waals surface area (Å²) in [6, 6.07) is 10.6. The monoisotopic (exact) mass is 398 g/mol. The number of imidazole rings is 1. The fraction of sp³-hybridized carbons (Fsp3) is 0.286. The van der Waals surface area contributed by atoms with Crippen LogP contribution in [0, 0.1) is 12.8 Å². The minimum absolute atomic E-state index is 0.187. The van der Waals surface area contributed by atoms with E-state index in [9.17, 15) is 9.59 Å². The number of hydrogen-bond acceptors (Lipinski definition) is 3. The van der Waals surface area contributed by atoms with E-state index in [1.807, 2.05) is 13.0 Å². The van der Waals surface area contributed by atoms with Crippen molar-refractivity contribution in [3.05, 3.63) is 64.7 Å². The van der Waals surface area contributed by atoms with Crippen molar-refractivity contribution < 1.29 is 9.59 Å². The average Bonchev–Trinajstić information content (AvgIpc) is 3.04. The third kappa shape index (κ3) is 4.34. The molecule has 0 aliphatic carbocycles. The van der Waals surface area contributed by atoms with E-state index in [4.69, 9.17) is 11.6 Å². The van der Waals surface area contributed by atoms with Crippen LogP contribution in [0.3, 0.4) is 0 Å². The van der Waals surface area contributed by atoms with Gasteiger partial charge in [0, 0.05) is 23.5 Å². The van der Waals surface area contributed by atoms with Crippen LogP contribution >= 0.6 is 11.6 Å². The predicted octanol–water partition coefficient (Wildman–Crippen LogP) is 4.32. The molecule has 0 atom stereocenters. The van der Waals surface area contributed by atoms with Crippen molar-refractivity contribution in [2.24, 2.45) is 5.92 Å². The molecule has 28 heavy (non-hydrogen) atoms. The first-order valence-corrected chi connectivity index (χ1v) is 9.57. The number of rotatable bonds is 6. The number of halogens is 1. The van der Waals surface area contributed by atoms with E-state index in [2.05, 4.69) is 29.5 Å². The Hall–Kier alpha value is -2.86. The highest BCUT2D eigenvalue weighted by Crippen LogP contribution is 2.22. The van der Waals surface area contributed by atoms with E-state index in [1.54, 1.807) is 40.9 Å². The summed E-state index contributed by atoms with van der Waals surface area (Å²) in [6.45, 7) is 6.63. The van der Waals surface area contributed by atoms with Crippen molar-refractivity contribution in [2.45, 2.75) is 27.2 Å². The van der Waals surface area contributed by atoms with Crippen molar-refractivity contribution in [1.29, 1.82) is 0 Å². The van der Waals surface area contributed by atoms with Crippen molar-refractivity contribution in [3.63, 3.8) is 0 Å². The topological polar surface area (TPSA) is 75.5 Å². The van der Waals surface area contributed by atoms with Crippen LogP contribution in [-0.2, 0) is 0 Å². The second kappa shape index (κ2) is 8.44. The molecule has 3 rings (SSSR count). The van der Waals surface area contributed by atoms with Crippen LogP contribution < -0.4 is 10.6 Å². The summed E-state index contributed by atoms with van der Waals surface area (Å²) in [5.74, 6) is -0.0259. The molecule has 0 radical (unpaired) electrons. The van der Waals surface area contributed by atoms with Crippen molar-refractivity contribution in [3.8, 4) is 0 Å². The molecule has 7 heteroatoms. The first kappa shape index (κ1) is 19.9. The summed E-state index contributed by atoms with van der Waals surface area (Å²) >= 11 is 6.03. The Balaban J connectivity index is 1.90. The van der Waals surface area contributed by atoms with E-state index >= 15 is 0 Å². The average molecular weight is 399 g/mol. The number of aromatic nitrogens is 2. The summed E-state index contributed by atoms with van der Waals surface area (Å²) < 4.78 is 1.63. The van der Waals surface area contributed by atoms with Crippen LogP contribution in [0.15, 0.2) is 42.6 Å². The number of nitrogens with zero attached hydrogens (tertiary/aromatic N) is 2. The molecule has 0 spiro atoms. The molecule has 2 aromatic heterocycles. The number of aryl methyl sites for hydroxylation is 1. The van der Waals surface area contributed by atoms with Crippen LogP contribution in [0.1, 0.15) is 46.9 Å². The van der Waals surface area contributed by atoms with Gasteiger partial charge in [0.05, 0.1) is 5.52 Å². The Labute approximate surface area is 168 Å². The number of nitrogens with one attached hydrogen (secondary N) is 2. The quantitative estimate of drug-likeness (QED) is 0.649. The Bertz CT molecular complexity index is 1030. The number of benzene rings is 1. The molecule has 0 bridgehead atoms. The number of amides is 2. The second-order valence-corrected chi connectivity index (χ2v) is 7.53. The zero-order valence-electron chi connectivity index (χ0n) is 16.1. The Morgan fingerprint density at radius 3 is 2.71 bits per heavy atom. The summed E-state index contributed by atoms with van der Waals surface area (Å²) in [6.07, 6.45) is 2.59. The van der Waals surface area contributed by atoms with E-state index < -0.39 is 5.91 Å². The molecule has 1 aromatic carbocycles. The second-order valence-electron chi connectivity index (χ2n) is 7.09. The molecule has 0 unspecified atom stereocenters. The maximum absolute atomic E-state index is 12.9. The number of carbonyl (C=O) groups excluding carboxylic acids is 2. The fourth-order valence-electron chi connectivity index (χ4n) is 2.83. The van der Waals surface area contributed by atoms with Gasteiger partial charge in [-0.15, -0.1) is 0 Å². The van der Waals surface area contributed by atoms with Gasteiger partial charge in [-0.1, -0.05) is 37.6 Å². The first-order chi connectivity index (χ1) is 13.4. The van der Waals surface area contributed by atoms with Crippen LogP contribution in [0.25, 0.3) is 5.52 Å². The molecule has 6 nitrogen and oxygen atoms in total. The van der Waals surface area contributed by atoms with Gasteiger partial charge in [-0.25, -0.2) is 4.98 Å². The van der Waals surface area contributed by atoms with Crippen LogP contribution in [0.4, 0.5) is 5.69 Å². The highest BCUT2D eigenvalue weighted by molar-refractivity contribution is 6.31. The fourth-order valence-corrected chi connectivity index (χ4v) is 3.00. The lowest BCUT2D eigenvalue weighted by atomic mass is 10.1. The number of carbonyl (C=O) groups is 2. The third-order valence-corrected chi connectivity index (χ3v) is 4.66. The summed E-state index contributed by atoms with van der Waals surface area (Å²) in [4.78, 5) is 29.8. The highest BCUT2D eigenvalue weighted by Gasteiger charge is 2.21. The third-order valence-electron chi connectivity index (χ3n) is 4.42. The smallest absolute Gasteiger partial charge is 0.287 e. The van der Waals surface area contributed by atoms with E-state index in [-0.39, 0.29) is 17.4 Å². The van der Waals surface area contributed by atoms with Crippen LogP contribution in [-0.4, -0.2) is 27.7 Å². The predicted molar refractivity (Wildman–Crippen MR) is 111 cm³/mol. The SMILES string of the molecule is Cc1ccc(Cl)cc1NC(=O)c1nc(C(=O)NCCC(C)C)n2ccccc12.